The van der Waals surface area contributed by atoms with Gasteiger partial charge in [-0.25, -0.2) is 14.8 Å². The quantitative estimate of drug-likeness (QED) is 0.491. The number of hydrogen-bond acceptors (Lipinski definition) is 6. The number of carbonyl (C=O) groups is 1. The number of nitriles is 1. The molecule has 0 bridgehead atoms. The summed E-state index contributed by atoms with van der Waals surface area (Å²) in [6.07, 6.45) is 1.98. The van der Waals surface area contributed by atoms with Crippen molar-refractivity contribution < 1.29 is 9.53 Å². The number of nitrogens with one attached hydrogen (secondary N) is 1. The highest BCUT2D eigenvalue weighted by Crippen LogP contribution is 2.42. The first-order valence-electron chi connectivity index (χ1n) is 10.6. The van der Waals surface area contributed by atoms with Gasteiger partial charge in [-0.1, -0.05) is 23.5 Å². The highest BCUT2D eigenvalue weighted by Gasteiger charge is 2.22. The van der Waals surface area contributed by atoms with E-state index in [9.17, 15) is 10.1 Å². The Bertz CT molecular complexity index is 1390. The molecule has 166 valence electrons. The first kappa shape index (κ1) is 21.1. The van der Waals surface area contributed by atoms with Gasteiger partial charge in [0.05, 0.1) is 35.4 Å². The predicted molar refractivity (Wildman–Crippen MR) is 128 cm³/mol. The monoisotopic (exact) mass is 458 g/mol. The first-order chi connectivity index (χ1) is 16.0. The van der Waals surface area contributed by atoms with Gasteiger partial charge < -0.3 is 14.2 Å². The molecule has 1 fully saturated rings. The van der Waals surface area contributed by atoms with Crippen molar-refractivity contribution in [3.63, 3.8) is 0 Å². The Balaban J connectivity index is 1.63. The summed E-state index contributed by atoms with van der Waals surface area (Å²) >= 11 is 1.43. The van der Waals surface area contributed by atoms with Crippen LogP contribution in [0, 0.1) is 18.3 Å². The number of urea groups is 1. The molecule has 4 heterocycles. The number of rotatable bonds is 3. The fourth-order valence-corrected chi connectivity index (χ4v) is 4.98. The summed E-state index contributed by atoms with van der Waals surface area (Å²) in [6, 6.07) is 13.5. The molecule has 4 aromatic rings. The maximum Gasteiger partial charge on any atom is 0.323 e. The minimum atomic E-state index is -0.188. The molecule has 5 rings (SSSR count). The lowest BCUT2D eigenvalue weighted by Gasteiger charge is -2.26. The van der Waals surface area contributed by atoms with Gasteiger partial charge >= 0.3 is 6.03 Å². The number of morpholine rings is 1. The second-order valence-corrected chi connectivity index (χ2v) is 8.89. The van der Waals surface area contributed by atoms with Gasteiger partial charge in [-0.2, -0.15) is 5.26 Å². The van der Waals surface area contributed by atoms with Crippen LogP contribution in [0.25, 0.3) is 32.7 Å². The number of ether oxygens (including phenoxy) is 1. The lowest BCUT2D eigenvalue weighted by molar-refractivity contribution is 0.0564. The van der Waals surface area contributed by atoms with Crippen LogP contribution in [0.2, 0.25) is 0 Å². The molecular weight excluding hydrogens is 436 g/mol. The third-order valence-corrected chi connectivity index (χ3v) is 6.62. The van der Waals surface area contributed by atoms with Gasteiger partial charge in [-0.15, -0.1) is 0 Å². The zero-order valence-electron chi connectivity index (χ0n) is 18.3. The second kappa shape index (κ2) is 8.65. The van der Waals surface area contributed by atoms with Gasteiger partial charge in [0.25, 0.3) is 0 Å². The molecule has 2 amide bonds. The van der Waals surface area contributed by atoms with Gasteiger partial charge in [0, 0.05) is 48.5 Å². The summed E-state index contributed by atoms with van der Waals surface area (Å²) in [5.74, 6) is 0. The molecule has 1 N–H and O–H groups in total. The standard InChI is InChI=1S/C24H22N6O2S/c1-15-12-19(18-6-7-29(2)22(18)26-15)21-20(17-5-3-4-16(13-17)14-25)27-23(33-21)28-24(31)30-8-10-32-11-9-30/h3-7,12-13H,8-11H2,1-2H3,(H,27,28,31). The van der Waals surface area contributed by atoms with E-state index in [0.29, 0.717) is 37.0 Å². The molecular formula is C24H22N6O2S. The van der Waals surface area contributed by atoms with Gasteiger partial charge in [-0.05, 0) is 31.2 Å². The van der Waals surface area contributed by atoms with E-state index in [0.717, 1.165) is 38.4 Å². The molecule has 0 saturated carbocycles. The molecule has 0 unspecified atom stereocenters. The van der Waals surface area contributed by atoms with Gasteiger partial charge in [0.15, 0.2) is 5.13 Å². The van der Waals surface area contributed by atoms with Crippen molar-refractivity contribution in [2.24, 2.45) is 7.05 Å². The number of pyridine rings is 1. The van der Waals surface area contributed by atoms with Crippen LogP contribution in [0.4, 0.5) is 9.93 Å². The third-order valence-electron chi connectivity index (χ3n) is 5.61. The third kappa shape index (κ3) is 4.06. The largest absolute Gasteiger partial charge is 0.378 e. The Labute approximate surface area is 195 Å². The number of hydrogen-bond donors (Lipinski definition) is 1. The first-order valence-corrected chi connectivity index (χ1v) is 11.4. The Morgan fingerprint density at radius 3 is 2.82 bits per heavy atom. The maximum absolute atomic E-state index is 12.8. The average molecular weight is 459 g/mol. The minimum Gasteiger partial charge on any atom is -0.378 e. The van der Waals surface area contributed by atoms with E-state index in [1.54, 1.807) is 11.0 Å². The Kier molecular flexibility index (Phi) is 5.54. The topological polar surface area (TPSA) is 96.1 Å². The molecule has 33 heavy (non-hydrogen) atoms. The number of benzene rings is 1. The van der Waals surface area contributed by atoms with E-state index >= 15 is 0 Å². The van der Waals surface area contributed by atoms with Crippen molar-refractivity contribution in [3.8, 4) is 27.8 Å². The number of amides is 2. The van der Waals surface area contributed by atoms with E-state index in [4.69, 9.17) is 9.72 Å². The van der Waals surface area contributed by atoms with Crippen molar-refractivity contribution in [1.29, 1.82) is 5.26 Å². The second-order valence-electron chi connectivity index (χ2n) is 7.89. The number of aromatic nitrogens is 3. The molecule has 3 aromatic heterocycles. The summed E-state index contributed by atoms with van der Waals surface area (Å²) in [6.45, 7) is 4.13. The van der Waals surface area contributed by atoms with Crippen molar-refractivity contribution >= 4 is 33.5 Å². The summed E-state index contributed by atoms with van der Waals surface area (Å²) in [5.41, 5.74) is 4.88. The van der Waals surface area contributed by atoms with Crippen molar-refractivity contribution in [2.75, 3.05) is 31.6 Å². The van der Waals surface area contributed by atoms with Crippen LogP contribution in [0.1, 0.15) is 11.3 Å². The molecule has 0 aliphatic carbocycles. The fourth-order valence-electron chi connectivity index (χ4n) is 3.97. The van der Waals surface area contributed by atoms with Crippen LogP contribution >= 0.6 is 11.3 Å². The van der Waals surface area contributed by atoms with E-state index in [-0.39, 0.29) is 6.03 Å². The average Bonchev–Trinajstić information content (AvgIpc) is 3.43. The highest BCUT2D eigenvalue weighted by atomic mass is 32.1. The van der Waals surface area contributed by atoms with Gasteiger partial charge in [-0.3, -0.25) is 5.32 Å². The van der Waals surface area contributed by atoms with Crippen molar-refractivity contribution in [2.45, 2.75) is 6.92 Å². The Morgan fingerprint density at radius 2 is 2.03 bits per heavy atom. The van der Waals surface area contributed by atoms with Crippen LogP contribution < -0.4 is 5.32 Å². The highest BCUT2D eigenvalue weighted by molar-refractivity contribution is 7.19. The summed E-state index contributed by atoms with van der Waals surface area (Å²) in [5, 5.41) is 13.9. The molecule has 1 aliphatic rings. The van der Waals surface area contributed by atoms with E-state index in [2.05, 4.69) is 16.4 Å². The molecule has 1 aromatic carbocycles. The minimum absolute atomic E-state index is 0.188. The predicted octanol–water partition coefficient (Wildman–Crippen LogP) is 4.41. The molecule has 0 atom stereocenters. The van der Waals surface area contributed by atoms with Crippen LogP contribution in [-0.2, 0) is 11.8 Å². The molecule has 1 saturated heterocycles. The maximum atomic E-state index is 12.8. The molecule has 0 radical (unpaired) electrons. The van der Waals surface area contributed by atoms with Crippen molar-refractivity contribution in [1.82, 2.24) is 19.4 Å². The lowest BCUT2D eigenvalue weighted by atomic mass is 10.0. The summed E-state index contributed by atoms with van der Waals surface area (Å²) in [7, 11) is 1.97. The number of nitrogens with zero attached hydrogens (tertiary/aromatic N) is 5. The van der Waals surface area contributed by atoms with E-state index in [1.165, 1.54) is 11.3 Å². The molecule has 9 heteroatoms. The smallest absolute Gasteiger partial charge is 0.323 e. The van der Waals surface area contributed by atoms with E-state index < -0.39 is 0 Å². The fraction of sp³-hybridized carbons (Fsp3) is 0.250. The molecule has 1 aliphatic heterocycles. The summed E-state index contributed by atoms with van der Waals surface area (Å²) < 4.78 is 7.34. The van der Waals surface area contributed by atoms with Gasteiger partial charge in [0.2, 0.25) is 0 Å². The number of aryl methyl sites for hydroxylation is 2. The van der Waals surface area contributed by atoms with Crippen molar-refractivity contribution in [3.05, 3.63) is 53.9 Å². The number of fused-ring (bicyclic) bond motifs is 1. The number of carbonyl (C=O) groups excluding carboxylic acids is 1. The molecule has 8 nitrogen and oxygen atoms in total. The number of anilines is 1. The van der Waals surface area contributed by atoms with Gasteiger partial charge in [0.1, 0.15) is 5.65 Å². The zero-order chi connectivity index (χ0) is 22.9. The van der Waals surface area contributed by atoms with Crippen LogP contribution in [0.5, 0.6) is 0 Å². The van der Waals surface area contributed by atoms with Crippen LogP contribution in [0.15, 0.2) is 42.6 Å². The Hall–Kier alpha value is -3.74. The zero-order valence-corrected chi connectivity index (χ0v) is 19.1. The normalized spacial score (nSPS) is 13.8. The van der Waals surface area contributed by atoms with Crippen LogP contribution in [0.3, 0.4) is 0 Å². The van der Waals surface area contributed by atoms with Crippen LogP contribution in [-0.4, -0.2) is 51.8 Å². The summed E-state index contributed by atoms with van der Waals surface area (Å²) in [4.78, 5) is 24.9. The van der Waals surface area contributed by atoms with E-state index in [1.807, 2.05) is 55.1 Å². The SMILES string of the molecule is Cc1cc(-c2sc(NC(=O)N3CCOCC3)nc2-c2cccc(C#N)c2)c2ccn(C)c2n1. The lowest BCUT2D eigenvalue weighted by Crippen LogP contribution is -2.43. The number of thiazole rings is 1. The Morgan fingerprint density at radius 1 is 1.21 bits per heavy atom. The molecule has 0 spiro atoms.